The molecule has 2 amide bonds. The molecule has 4 N–H and O–H groups in total. The fraction of sp³-hybridized carbons (Fsp3) is 0.250. The molecular formula is C20H17BrN2O5. The first kappa shape index (κ1) is 18.6. The molecule has 2 aromatic carbocycles. The molecule has 0 radical (unpaired) electrons. The molecule has 2 fully saturated rings. The Morgan fingerprint density at radius 3 is 2.50 bits per heavy atom. The van der Waals surface area contributed by atoms with E-state index in [0.29, 0.717) is 10.0 Å². The summed E-state index contributed by atoms with van der Waals surface area (Å²) in [6.07, 6.45) is 0.0241. The molecule has 2 aliphatic heterocycles. The number of amides is 2. The maximum absolute atomic E-state index is 12.6. The van der Waals surface area contributed by atoms with Gasteiger partial charge in [-0.2, -0.15) is 0 Å². The number of rotatable bonds is 4. The van der Waals surface area contributed by atoms with E-state index in [1.54, 1.807) is 36.4 Å². The molecule has 2 aliphatic rings. The lowest BCUT2D eigenvalue weighted by Gasteiger charge is -2.30. The van der Waals surface area contributed by atoms with Gasteiger partial charge in [0.05, 0.1) is 11.8 Å². The van der Waals surface area contributed by atoms with Gasteiger partial charge in [-0.1, -0.05) is 46.3 Å². The standard InChI is InChI=1S/C20H17BrN2O5/c21-11-6-7-13(24)12(8-11)16-14-15(18(26)22-17(14)25)20(23-16,19(27)28)9-10-4-2-1-3-5-10/h1-8,14-16,23-24H,9H2,(H,27,28)(H,22,25,26). The number of hydrogen-bond donors (Lipinski definition) is 4. The summed E-state index contributed by atoms with van der Waals surface area (Å²) in [6.45, 7) is 0. The number of fused-ring (bicyclic) bond motifs is 1. The number of carbonyl (C=O) groups excluding carboxylic acids is 2. The van der Waals surface area contributed by atoms with Crippen molar-refractivity contribution in [3.05, 3.63) is 64.1 Å². The van der Waals surface area contributed by atoms with Gasteiger partial charge >= 0.3 is 5.97 Å². The quantitative estimate of drug-likeness (QED) is 0.534. The van der Waals surface area contributed by atoms with Crippen molar-refractivity contribution in [3.8, 4) is 5.75 Å². The Morgan fingerprint density at radius 2 is 1.82 bits per heavy atom. The Morgan fingerprint density at radius 1 is 1.11 bits per heavy atom. The summed E-state index contributed by atoms with van der Waals surface area (Å²) < 4.78 is 0.666. The number of imide groups is 1. The zero-order valence-electron chi connectivity index (χ0n) is 14.6. The van der Waals surface area contributed by atoms with E-state index in [1.807, 2.05) is 6.07 Å². The van der Waals surface area contributed by atoms with Crippen molar-refractivity contribution in [1.82, 2.24) is 10.6 Å². The molecule has 8 heteroatoms. The van der Waals surface area contributed by atoms with Gasteiger partial charge in [-0.05, 0) is 23.8 Å². The molecule has 2 aromatic rings. The third-order valence-corrected chi connectivity index (χ3v) is 6.02. The first-order valence-corrected chi connectivity index (χ1v) is 9.51. The SMILES string of the molecule is O=C1NC(=O)C2C1C(c1cc(Br)ccc1O)NC2(Cc1ccccc1)C(=O)O. The monoisotopic (exact) mass is 444 g/mol. The van der Waals surface area contributed by atoms with Crippen molar-refractivity contribution in [1.29, 1.82) is 0 Å². The van der Waals surface area contributed by atoms with Crippen molar-refractivity contribution >= 4 is 33.7 Å². The van der Waals surface area contributed by atoms with Crippen LogP contribution in [0, 0.1) is 11.8 Å². The zero-order chi connectivity index (χ0) is 20.1. The number of carboxylic acid groups (broad SMARTS) is 1. The number of phenolic OH excluding ortho intramolecular Hbond substituents is 1. The molecule has 4 unspecified atom stereocenters. The minimum absolute atomic E-state index is 0.0241. The topological polar surface area (TPSA) is 116 Å². The van der Waals surface area contributed by atoms with Gasteiger partial charge < -0.3 is 10.2 Å². The van der Waals surface area contributed by atoms with Crippen LogP contribution in [0.25, 0.3) is 0 Å². The van der Waals surface area contributed by atoms with Gasteiger partial charge in [-0.15, -0.1) is 0 Å². The molecule has 0 aromatic heterocycles. The maximum atomic E-state index is 12.6. The molecule has 0 spiro atoms. The fourth-order valence-corrected chi connectivity index (χ4v) is 4.70. The highest BCUT2D eigenvalue weighted by molar-refractivity contribution is 9.10. The first-order valence-electron chi connectivity index (χ1n) is 8.71. The van der Waals surface area contributed by atoms with Crippen LogP contribution in [0.1, 0.15) is 17.2 Å². The Bertz CT molecular complexity index is 980. The highest BCUT2D eigenvalue weighted by atomic mass is 79.9. The number of halogens is 1. The predicted octanol–water partition coefficient (Wildman–Crippen LogP) is 1.75. The third-order valence-electron chi connectivity index (χ3n) is 5.53. The molecule has 0 bridgehead atoms. The largest absolute Gasteiger partial charge is 0.508 e. The van der Waals surface area contributed by atoms with Crippen LogP contribution in [0.3, 0.4) is 0 Å². The molecule has 2 heterocycles. The number of aromatic hydroxyl groups is 1. The number of benzene rings is 2. The van der Waals surface area contributed by atoms with Crippen LogP contribution in [0.5, 0.6) is 5.75 Å². The van der Waals surface area contributed by atoms with Gasteiger partial charge in [0.2, 0.25) is 11.8 Å². The Hall–Kier alpha value is -2.71. The molecule has 0 saturated carbocycles. The van der Waals surface area contributed by atoms with Gasteiger partial charge in [-0.25, -0.2) is 0 Å². The first-order chi connectivity index (χ1) is 13.3. The second kappa shape index (κ2) is 6.72. The van der Waals surface area contributed by atoms with E-state index in [1.165, 1.54) is 6.07 Å². The van der Waals surface area contributed by atoms with Gasteiger partial charge in [0.1, 0.15) is 11.3 Å². The Labute approximate surface area is 168 Å². The molecule has 28 heavy (non-hydrogen) atoms. The molecule has 0 aliphatic carbocycles. The highest BCUT2D eigenvalue weighted by Crippen LogP contribution is 2.49. The predicted molar refractivity (Wildman–Crippen MR) is 102 cm³/mol. The van der Waals surface area contributed by atoms with E-state index < -0.39 is 41.2 Å². The minimum Gasteiger partial charge on any atom is -0.508 e. The molecule has 7 nitrogen and oxygen atoms in total. The average molecular weight is 445 g/mol. The van der Waals surface area contributed by atoms with Crippen molar-refractivity contribution in [2.24, 2.45) is 11.8 Å². The van der Waals surface area contributed by atoms with Crippen LogP contribution < -0.4 is 10.6 Å². The Balaban J connectivity index is 1.85. The van der Waals surface area contributed by atoms with Crippen LogP contribution >= 0.6 is 15.9 Å². The van der Waals surface area contributed by atoms with E-state index in [0.717, 1.165) is 5.56 Å². The summed E-state index contributed by atoms with van der Waals surface area (Å²) in [5.74, 6) is -4.48. The normalized spacial score (nSPS) is 28.8. The minimum atomic E-state index is -1.68. The number of hydrogen-bond acceptors (Lipinski definition) is 5. The second-order valence-electron chi connectivity index (χ2n) is 7.12. The zero-order valence-corrected chi connectivity index (χ0v) is 16.1. The van der Waals surface area contributed by atoms with Gasteiger partial charge in [-0.3, -0.25) is 25.0 Å². The van der Waals surface area contributed by atoms with Crippen molar-refractivity contribution < 1.29 is 24.6 Å². The maximum Gasteiger partial charge on any atom is 0.325 e. The van der Waals surface area contributed by atoms with Crippen LogP contribution in [0.4, 0.5) is 0 Å². The molecule has 144 valence electrons. The van der Waals surface area contributed by atoms with Crippen LogP contribution in [0.15, 0.2) is 53.0 Å². The number of carbonyl (C=O) groups is 3. The number of aliphatic carboxylic acids is 1. The lowest BCUT2D eigenvalue weighted by Crippen LogP contribution is -2.57. The highest BCUT2D eigenvalue weighted by Gasteiger charge is 2.66. The van der Waals surface area contributed by atoms with Crippen LogP contribution in [-0.4, -0.2) is 33.5 Å². The summed E-state index contributed by atoms with van der Waals surface area (Å²) in [7, 11) is 0. The number of phenols is 1. The lowest BCUT2D eigenvalue weighted by atomic mass is 9.76. The van der Waals surface area contributed by atoms with Crippen LogP contribution in [0.2, 0.25) is 0 Å². The van der Waals surface area contributed by atoms with Gasteiger partial charge in [0, 0.05) is 22.5 Å². The Kier molecular flexibility index (Phi) is 4.47. The fourth-order valence-electron chi connectivity index (χ4n) is 4.32. The van der Waals surface area contributed by atoms with E-state index in [2.05, 4.69) is 26.6 Å². The van der Waals surface area contributed by atoms with Gasteiger partial charge in [0.25, 0.3) is 0 Å². The van der Waals surface area contributed by atoms with Crippen molar-refractivity contribution in [3.63, 3.8) is 0 Å². The molecular weight excluding hydrogens is 428 g/mol. The molecule has 2 saturated heterocycles. The summed E-state index contributed by atoms with van der Waals surface area (Å²) in [5, 5.41) is 25.8. The lowest BCUT2D eigenvalue weighted by molar-refractivity contribution is -0.149. The van der Waals surface area contributed by atoms with Crippen LogP contribution in [-0.2, 0) is 20.8 Å². The number of carboxylic acids is 1. The summed E-state index contributed by atoms with van der Waals surface area (Å²) >= 11 is 3.33. The van der Waals surface area contributed by atoms with Crippen molar-refractivity contribution in [2.75, 3.05) is 0 Å². The van der Waals surface area contributed by atoms with E-state index in [4.69, 9.17) is 0 Å². The molecule has 4 rings (SSSR count). The number of nitrogens with one attached hydrogen (secondary N) is 2. The summed E-state index contributed by atoms with van der Waals surface area (Å²) in [5.41, 5.74) is -0.588. The average Bonchev–Trinajstić information content (AvgIpc) is 3.15. The van der Waals surface area contributed by atoms with E-state index in [9.17, 15) is 24.6 Å². The van der Waals surface area contributed by atoms with E-state index in [-0.39, 0.29) is 12.2 Å². The van der Waals surface area contributed by atoms with E-state index >= 15 is 0 Å². The molecule has 4 atom stereocenters. The summed E-state index contributed by atoms with van der Waals surface area (Å²) in [6, 6.07) is 12.8. The van der Waals surface area contributed by atoms with Gasteiger partial charge in [0.15, 0.2) is 0 Å². The smallest absolute Gasteiger partial charge is 0.325 e. The second-order valence-corrected chi connectivity index (χ2v) is 8.04. The third kappa shape index (κ3) is 2.80. The van der Waals surface area contributed by atoms with Crippen molar-refractivity contribution in [2.45, 2.75) is 18.0 Å². The summed E-state index contributed by atoms with van der Waals surface area (Å²) in [4.78, 5) is 37.6.